The largest absolute Gasteiger partial charge is 0.491 e. The van der Waals surface area contributed by atoms with Crippen LogP contribution in [0.15, 0.2) is 48.5 Å². The van der Waals surface area contributed by atoms with E-state index in [1.165, 1.54) is 6.07 Å². The van der Waals surface area contributed by atoms with E-state index in [0.717, 1.165) is 11.4 Å². The van der Waals surface area contributed by atoms with Gasteiger partial charge in [0.1, 0.15) is 11.6 Å². The number of halogens is 1. The zero-order valence-electron chi connectivity index (χ0n) is 12.1. The zero-order chi connectivity index (χ0) is 14.5. The number of anilines is 1. The maximum Gasteiger partial charge on any atom is 0.128 e. The highest BCUT2D eigenvalue weighted by atomic mass is 19.1. The van der Waals surface area contributed by atoms with Crippen molar-refractivity contribution in [1.29, 1.82) is 0 Å². The van der Waals surface area contributed by atoms with Gasteiger partial charge in [0, 0.05) is 11.3 Å². The Kier molecular flexibility index (Phi) is 4.61. The molecule has 0 aliphatic heterocycles. The van der Waals surface area contributed by atoms with Crippen molar-refractivity contribution >= 4 is 5.69 Å². The summed E-state index contributed by atoms with van der Waals surface area (Å²) in [5.74, 6) is 0.649. The molecule has 0 aromatic heterocycles. The van der Waals surface area contributed by atoms with Crippen molar-refractivity contribution in [2.24, 2.45) is 0 Å². The molecule has 106 valence electrons. The van der Waals surface area contributed by atoms with Crippen LogP contribution in [0.25, 0.3) is 0 Å². The highest BCUT2D eigenvalue weighted by Crippen LogP contribution is 2.23. The molecule has 3 heteroatoms. The third-order valence-corrected chi connectivity index (χ3v) is 2.98. The Morgan fingerprint density at radius 3 is 2.20 bits per heavy atom. The summed E-state index contributed by atoms with van der Waals surface area (Å²) < 4.78 is 19.3. The minimum absolute atomic E-state index is 0.0898. The number of ether oxygens (including phenoxy) is 1. The van der Waals surface area contributed by atoms with Crippen LogP contribution in [-0.2, 0) is 0 Å². The molecule has 2 nitrogen and oxygen atoms in total. The first kappa shape index (κ1) is 14.4. The van der Waals surface area contributed by atoms with Gasteiger partial charge in [0.2, 0.25) is 0 Å². The van der Waals surface area contributed by atoms with Crippen LogP contribution in [0.2, 0.25) is 0 Å². The highest BCUT2D eigenvalue weighted by molar-refractivity contribution is 5.48. The van der Waals surface area contributed by atoms with Crippen molar-refractivity contribution in [3.63, 3.8) is 0 Å². The SMILES string of the molecule is CC(C)Oc1ccc(NC(C)c2ccccc2F)cc1. The average molecular weight is 273 g/mol. The predicted molar refractivity (Wildman–Crippen MR) is 80.6 cm³/mol. The fourth-order valence-electron chi connectivity index (χ4n) is 2.06. The first-order chi connectivity index (χ1) is 9.56. The third-order valence-electron chi connectivity index (χ3n) is 2.98. The van der Waals surface area contributed by atoms with Crippen LogP contribution in [0.3, 0.4) is 0 Å². The Labute approximate surface area is 119 Å². The molecular formula is C17H20FNO. The van der Waals surface area contributed by atoms with Gasteiger partial charge in [-0.05, 0) is 51.1 Å². The van der Waals surface area contributed by atoms with Crippen molar-refractivity contribution in [3.05, 3.63) is 59.9 Å². The molecule has 0 aliphatic carbocycles. The Balaban J connectivity index is 2.05. The van der Waals surface area contributed by atoms with Crippen LogP contribution in [0.1, 0.15) is 32.4 Å². The van der Waals surface area contributed by atoms with E-state index in [1.54, 1.807) is 12.1 Å². The van der Waals surface area contributed by atoms with E-state index in [4.69, 9.17) is 4.74 Å². The van der Waals surface area contributed by atoms with Crippen LogP contribution >= 0.6 is 0 Å². The summed E-state index contributed by atoms with van der Waals surface area (Å²) in [4.78, 5) is 0. The first-order valence-corrected chi connectivity index (χ1v) is 6.84. The van der Waals surface area contributed by atoms with Gasteiger partial charge < -0.3 is 10.1 Å². The topological polar surface area (TPSA) is 21.3 Å². The van der Waals surface area contributed by atoms with Gasteiger partial charge in [0.15, 0.2) is 0 Å². The molecular weight excluding hydrogens is 253 g/mol. The lowest BCUT2D eigenvalue weighted by Gasteiger charge is -2.17. The van der Waals surface area contributed by atoms with E-state index in [1.807, 2.05) is 51.1 Å². The average Bonchev–Trinajstić information content (AvgIpc) is 2.41. The molecule has 1 atom stereocenters. The molecule has 0 heterocycles. The summed E-state index contributed by atoms with van der Waals surface area (Å²) >= 11 is 0. The maximum atomic E-state index is 13.7. The predicted octanol–water partition coefficient (Wildman–Crippen LogP) is 4.79. The molecule has 2 aromatic carbocycles. The van der Waals surface area contributed by atoms with Crippen LogP contribution in [-0.4, -0.2) is 6.10 Å². The second-order valence-corrected chi connectivity index (χ2v) is 5.08. The summed E-state index contributed by atoms with van der Waals surface area (Å²) in [6.07, 6.45) is 0.158. The lowest BCUT2D eigenvalue weighted by Crippen LogP contribution is -2.09. The molecule has 2 rings (SSSR count). The zero-order valence-corrected chi connectivity index (χ0v) is 12.1. The molecule has 0 saturated carbocycles. The molecule has 0 spiro atoms. The van der Waals surface area contributed by atoms with Crippen molar-refractivity contribution in [2.75, 3.05) is 5.32 Å². The Morgan fingerprint density at radius 1 is 0.950 bits per heavy atom. The first-order valence-electron chi connectivity index (χ1n) is 6.84. The Bertz CT molecular complexity index is 551. The molecule has 0 saturated heterocycles. The number of hydrogen-bond acceptors (Lipinski definition) is 2. The van der Waals surface area contributed by atoms with Gasteiger partial charge in [0.25, 0.3) is 0 Å². The van der Waals surface area contributed by atoms with Gasteiger partial charge >= 0.3 is 0 Å². The van der Waals surface area contributed by atoms with E-state index in [-0.39, 0.29) is 18.0 Å². The summed E-state index contributed by atoms with van der Waals surface area (Å²) in [6.45, 7) is 5.93. The van der Waals surface area contributed by atoms with Crippen LogP contribution in [0, 0.1) is 5.82 Å². The molecule has 0 fully saturated rings. The van der Waals surface area contributed by atoms with Gasteiger partial charge in [-0.25, -0.2) is 4.39 Å². The van der Waals surface area contributed by atoms with Crippen molar-refractivity contribution in [2.45, 2.75) is 32.9 Å². The van der Waals surface area contributed by atoms with Crippen LogP contribution in [0.5, 0.6) is 5.75 Å². The fraction of sp³-hybridized carbons (Fsp3) is 0.294. The van der Waals surface area contributed by atoms with Crippen LogP contribution in [0.4, 0.5) is 10.1 Å². The lowest BCUT2D eigenvalue weighted by molar-refractivity contribution is 0.242. The number of rotatable bonds is 5. The van der Waals surface area contributed by atoms with E-state index in [0.29, 0.717) is 5.56 Å². The summed E-state index contributed by atoms with van der Waals surface area (Å²) in [7, 11) is 0. The third kappa shape index (κ3) is 3.73. The minimum Gasteiger partial charge on any atom is -0.491 e. The van der Waals surface area contributed by atoms with E-state index in [2.05, 4.69) is 5.32 Å². The standard InChI is InChI=1S/C17H20FNO/c1-12(2)20-15-10-8-14(9-11-15)19-13(3)16-6-4-5-7-17(16)18/h4-13,19H,1-3H3. The Hall–Kier alpha value is -2.03. The van der Waals surface area contributed by atoms with Gasteiger partial charge in [0.05, 0.1) is 12.1 Å². The maximum absolute atomic E-state index is 13.7. The Morgan fingerprint density at radius 2 is 1.60 bits per heavy atom. The van der Waals surface area contributed by atoms with E-state index in [9.17, 15) is 4.39 Å². The summed E-state index contributed by atoms with van der Waals surface area (Å²) in [5.41, 5.74) is 1.60. The molecule has 1 unspecified atom stereocenters. The second-order valence-electron chi connectivity index (χ2n) is 5.08. The highest BCUT2D eigenvalue weighted by Gasteiger charge is 2.09. The monoisotopic (exact) mass is 273 g/mol. The molecule has 0 bridgehead atoms. The van der Waals surface area contributed by atoms with Gasteiger partial charge in [-0.3, -0.25) is 0 Å². The summed E-state index contributed by atoms with van der Waals surface area (Å²) in [6, 6.07) is 14.4. The second kappa shape index (κ2) is 6.42. The van der Waals surface area contributed by atoms with Gasteiger partial charge in [-0.15, -0.1) is 0 Å². The molecule has 0 radical (unpaired) electrons. The number of hydrogen-bond donors (Lipinski definition) is 1. The van der Waals surface area contributed by atoms with Crippen molar-refractivity contribution < 1.29 is 9.13 Å². The van der Waals surface area contributed by atoms with Crippen LogP contribution < -0.4 is 10.1 Å². The number of benzene rings is 2. The van der Waals surface area contributed by atoms with Crippen molar-refractivity contribution in [3.8, 4) is 5.75 Å². The lowest BCUT2D eigenvalue weighted by atomic mass is 10.1. The van der Waals surface area contributed by atoms with E-state index >= 15 is 0 Å². The fourth-order valence-corrected chi connectivity index (χ4v) is 2.06. The van der Waals surface area contributed by atoms with Crippen molar-refractivity contribution in [1.82, 2.24) is 0 Å². The smallest absolute Gasteiger partial charge is 0.128 e. The minimum atomic E-state index is -0.188. The van der Waals surface area contributed by atoms with Gasteiger partial charge in [-0.1, -0.05) is 18.2 Å². The van der Waals surface area contributed by atoms with E-state index < -0.39 is 0 Å². The molecule has 1 N–H and O–H groups in total. The molecule has 0 aliphatic rings. The number of nitrogens with one attached hydrogen (secondary N) is 1. The molecule has 20 heavy (non-hydrogen) atoms. The molecule has 0 amide bonds. The van der Waals surface area contributed by atoms with Gasteiger partial charge in [-0.2, -0.15) is 0 Å². The normalized spacial score (nSPS) is 12.2. The quantitative estimate of drug-likeness (QED) is 0.846. The molecule has 2 aromatic rings. The summed E-state index contributed by atoms with van der Waals surface area (Å²) in [5, 5.41) is 3.28.